The van der Waals surface area contributed by atoms with Gasteiger partial charge in [0.25, 0.3) is 0 Å². The minimum absolute atomic E-state index is 0.296. The predicted octanol–water partition coefficient (Wildman–Crippen LogP) is 2.88. The van der Waals surface area contributed by atoms with Gasteiger partial charge in [-0.05, 0) is 37.1 Å². The Kier molecular flexibility index (Phi) is 8.50. The van der Waals surface area contributed by atoms with E-state index in [9.17, 15) is 5.11 Å². The van der Waals surface area contributed by atoms with Gasteiger partial charge in [0, 0.05) is 39.3 Å². The Bertz CT molecular complexity index is 732. The number of rotatable bonds is 10. The Morgan fingerprint density at radius 3 is 2.62 bits per heavy atom. The summed E-state index contributed by atoms with van der Waals surface area (Å²) in [5.74, 6) is 0.793. The largest absolute Gasteiger partial charge is 0.491 e. The van der Waals surface area contributed by atoms with Crippen LogP contribution in [0.15, 0.2) is 48.5 Å². The molecule has 0 aromatic heterocycles. The van der Waals surface area contributed by atoms with Crippen LogP contribution in [0.3, 0.4) is 0 Å². The molecule has 1 fully saturated rings. The number of hydrogen-bond acceptors (Lipinski definition) is 5. The van der Waals surface area contributed by atoms with E-state index in [1.807, 2.05) is 30.3 Å². The summed E-state index contributed by atoms with van der Waals surface area (Å²) in [6.07, 6.45) is -0.537. The van der Waals surface area contributed by atoms with Crippen molar-refractivity contribution in [2.24, 2.45) is 0 Å². The molecule has 1 aliphatic rings. The molecule has 1 aliphatic heterocycles. The van der Waals surface area contributed by atoms with Crippen molar-refractivity contribution in [2.75, 3.05) is 52.5 Å². The molecule has 1 saturated heterocycles. The molecule has 158 valence electrons. The van der Waals surface area contributed by atoms with Gasteiger partial charge in [-0.25, -0.2) is 0 Å². The maximum atomic E-state index is 10.6. The number of para-hydroxylation sites is 1. The summed E-state index contributed by atoms with van der Waals surface area (Å²) < 4.78 is 11.2. The quantitative estimate of drug-likeness (QED) is 0.667. The van der Waals surface area contributed by atoms with E-state index in [2.05, 4.69) is 41.8 Å². The van der Waals surface area contributed by atoms with Gasteiger partial charge in [-0.15, -0.1) is 0 Å². The van der Waals surface area contributed by atoms with Crippen LogP contribution < -0.4 is 4.74 Å². The topological polar surface area (TPSA) is 45.2 Å². The minimum Gasteiger partial charge on any atom is -0.491 e. The van der Waals surface area contributed by atoms with Gasteiger partial charge in [-0.3, -0.25) is 9.80 Å². The van der Waals surface area contributed by atoms with Crippen molar-refractivity contribution in [3.8, 4) is 5.75 Å². The summed E-state index contributed by atoms with van der Waals surface area (Å²) in [6.45, 7) is 11.5. The Balaban J connectivity index is 1.58. The molecule has 0 bridgehead atoms. The summed E-state index contributed by atoms with van der Waals surface area (Å²) in [6, 6.07) is 16.3. The number of aliphatic hydroxyl groups is 1. The normalized spacial score (nSPS) is 16.1. The van der Waals surface area contributed by atoms with Crippen molar-refractivity contribution in [3.63, 3.8) is 0 Å². The fraction of sp³-hybridized carbons (Fsp3) is 0.500. The number of ether oxygens (including phenoxy) is 2. The SMILES string of the molecule is Cc1ccc(C)c(CN(CCN2CCOCC2)C[C@@H](O)COc2ccccc2)c1. The summed E-state index contributed by atoms with van der Waals surface area (Å²) in [5, 5.41) is 10.6. The van der Waals surface area contributed by atoms with Gasteiger partial charge >= 0.3 is 0 Å². The lowest BCUT2D eigenvalue weighted by atomic mass is 10.0. The average Bonchev–Trinajstić information content (AvgIpc) is 2.74. The minimum atomic E-state index is -0.537. The third kappa shape index (κ3) is 7.44. The molecule has 0 unspecified atom stereocenters. The van der Waals surface area contributed by atoms with E-state index >= 15 is 0 Å². The fourth-order valence-electron chi connectivity index (χ4n) is 3.61. The van der Waals surface area contributed by atoms with Crippen LogP contribution in [-0.4, -0.2) is 73.6 Å². The summed E-state index contributed by atoms with van der Waals surface area (Å²) >= 11 is 0. The van der Waals surface area contributed by atoms with Crippen LogP contribution >= 0.6 is 0 Å². The van der Waals surface area contributed by atoms with Crippen molar-refractivity contribution < 1.29 is 14.6 Å². The third-order valence-corrected chi connectivity index (χ3v) is 5.39. The van der Waals surface area contributed by atoms with E-state index in [0.717, 1.165) is 51.7 Å². The molecule has 0 amide bonds. The molecule has 5 heteroatoms. The zero-order valence-electron chi connectivity index (χ0n) is 17.7. The molecule has 1 N–H and O–H groups in total. The lowest BCUT2D eigenvalue weighted by molar-refractivity contribution is 0.0255. The molecule has 1 heterocycles. The van der Waals surface area contributed by atoms with Gasteiger partial charge in [0.05, 0.1) is 13.2 Å². The molecule has 3 rings (SSSR count). The third-order valence-electron chi connectivity index (χ3n) is 5.39. The highest BCUT2D eigenvalue weighted by Crippen LogP contribution is 2.15. The summed E-state index contributed by atoms with van der Waals surface area (Å²) in [7, 11) is 0. The molecular weight excluding hydrogens is 364 g/mol. The van der Waals surface area contributed by atoms with Crippen molar-refractivity contribution in [1.29, 1.82) is 0 Å². The standard InChI is InChI=1S/C24H34N2O3/c1-20-8-9-21(2)22(16-20)17-26(11-10-25-12-14-28-15-13-25)18-23(27)19-29-24-6-4-3-5-7-24/h3-9,16,23,27H,10-15,17-19H2,1-2H3/t23-/m1/s1. The zero-order chi connectivity index (χ0) is 20.5. The second-order valence-corrected chi connectivity index (χ2v) is 7.90. The van der Waals surface area contributed by atoms with Crippen molar-refractivity contribution in [3.05, 3.63) is 65.2 Å². The Morgan fingerprint density at radius 2 is 1.86 bits per heavy atom. The molecule has 29 heavy (non-hydrogen) atoms. The van der Waals surface area contributed by atoms with Gasteiger partial charge in [0.2, 0.25) is 0 Å². The first kappa shape index (κ1) is 21.8. The molecule has 0 aliphatic carbocycles. The monoisotopic (exact) mass is 398 g/mol. The van der Waals surface area contributed by atoms with Crippen LogP contribution in [0.2, 0.25) is 0 Å². The van der Waals surface area contributed by atoms with E-state index in [1.54, 1.807) is 0 Å². The van der Waals surface area contributed by atoms with Gasteiger partial charge in [0.15, 0.2) is 0 Å². The van der Waals surface area contributed by atoms with Crippen LogP contribution in [0.1, 0.15) is 16.7 Å². The van der Waals surface area contributed by atoms with E-state index in [-0.39, 0.29) is 0 Å². The second kappa shape index (κ2) is 11.3. The predicted molar refractivity (Wildman–Crippen MR) is 116 cm³/mol. The number of aliphatic hydroxyl groups excluding tert-OH is 1. The Morgan fingerprint density at radius 1 is 1.10 bits per heavy atom. The Hall–Kier alpha value is -1.92. The Labute approximate surface area is 174 Å². The van der Waals surface area contributed by atoms with Crippen LogP contribution in [0, 0.1) is 13.8 Å². The molecular formula is C24H34N2O3. The van der Waals surface area contributed by atoms with E-state index in [1.165, 1.54) is 16.7 Å². The first-order chi connectivity index (χ1) is 14.1. The fourth-order valence-corrected chi connectivity index (χ4v) is 3.61. The van der Waals surface area contributed by atoms with E-state index < -0.39 is 6.10 Å². The van der Waals surface area contributed by atoms with Crippen LogP contribution in [-0.2, 0) is 11.3 Å². The van der Waals surface area contributed by atoms with Gasteiger partial charge < -0.3 is 14.6 Å². The number of benzene rings is 2. The van der Waals surface area contributed by atoms with Crippen molar-refractivity contribution >= 4 is 0 Å². The summed E-state index contributed by atoms with van der Waals surface area (Å²) in [5.41, 5.74) is 3.89. The number of hydrogen-bond donors (Lipinski definition) is 1. The lowest BCUT2D eigenvalue weighted by Crippen LogP contribution is -2.43. The first-order valence-electron chi connectivity index (χ1n) is 10.5. The van der Waals surface area contributed by atoms with Crippen LogP contribution in [0.4, 0.5) is 0 Å². The molecule has 2 aromatic rings. The molecule has 0 radical (unpaired) electrons. The lowest BCUT2D eigenvalue weighted by Gasteiger charge is -2.31. The van der Waals surface area contributed by atoms with E-state index in [0.29, 0.717) is 13.2 Å². The smallest absolute Gasteiger partial charge is 0.119 e. The first-order valence-corrected chi connectivity index (χ1v) is 10.5. The number of aryl methyl sites for hydroxylation is 2. The molecule has 2 aromatic carbocycles. The summed E-state index contributed by atoms with van der Waals surface area (Å²) in [4.78, 5) is 4.78. The van der Waals surface area contributed by atoms with Crippen molar-refractivity contribution in [2.45, 2.75) is 26.5 Å². The highest BCUT2D eigenvalue weighted by molar-refractivity contribution is 5.30. The van der Waals surface area contributed by atoms with Gasteiger partial charge in [0.1, 0.15) is 18.5 Å². The van der Waals surface area contributed by atoms with Gasteiger partial charge in [-0.1, -0.05) is 42.0 Å². The molecule has 0 saturated carbocycles. The second-order valence-electron chi connectivity index (χ2n) is 7.90. The molecule has 0 spiro atoms. The van der Waals surface area contributed by atoms with Gasteiger partial charge in [-0.2, -0.15) is 0 Å². The zero-order valence-corrected chi connectivity index (χ0v) is 17.7. The maximum Gasteiger partial charge on any atom is 0.119 e. The maximum absolute atomic E-state index is 10.6. The van der Waals surface area contributed by atoms with Crippen molar-refractivity contribution in [1.82, 2.24) is 9.80 Å². The highest BCUT2D eigenvalue weighted by atomic mass is 16.5. The number of nitrogens with zero attached hydrogens (tertiary/aromatic N) is 2. The molecule has 5 nitrogen and oxygen atoms in total. The van der Waals surface area contributed by atoms with E-state index in [4.69, 9.17) is 9.47 Å². The van der Waals surface area contributed by atoms with Crippen LogP contribution in [0.25, 0.3) is 0 Å². The average molecular weight is 399 g/mol. The molecule has 1 atom stereocenters. The van der Waals surface area contributed by atoms with Crippen LogP contribution in [0.5, 0.6) is 5.75 Å². The highest BCUT2D eigenvalue weighted by Gasteiger charge is 2.17. The number of morpholine rings is 1.